The van der Waals surface area contributed by atoms with Crippen LogP contribution in [0.5, 0.6) is 5.75 Å². The highest BCUT2D eigenvalue weighted by Gasteiger charge is 2.05. The van der Waals surface area contributed by atoms with Crippen molar-refractivity contribution in [3.63, 3.8) is 0 Å². The smallest absolute Gasteiger partial charge is 0.251 e. The van der Waals surface area contributed by atoms with E-state index in [1.807, 2.05) is 55.5 Å². The third-order valence-electron chi connectivity index (χ3n) is 4.06. The van der Waals surface area contributed by atoms with E-state index in [2.05, 4.69) is 20.9 Å². The summed E-state index contributed by atoms with van der Waals surface area (Å²) in [4.78, 5) is 16.0. The summed E-state index contributed by atoms with van der Waals surface area (Å²) in [6.07, 6.45) is 0.793. The van der Waals surface area contributed by atoms with Crippen molar-refractivity contribution in [2.75, 3.05) is 27.2 Å². The summed E-state index contributed by atoms with van der Waals surface area (Å²) in [5.41, 5.74) is 2.85. The molecule has 7 heteroatoms. The van der Waals surface area contributed by atoms with Crippen molar-refractivity contribution in [2.24, 2.45) is 4.99 Å². The fraction of sp³-hybridized carbons (Fsp3) is 0.333. The maximum Gasteiger partial charge on any atom is 0.251 e. The fourth-order valence-electron chi connectivity index (χ4n) is 2.68. The Morgan fingerprint density at radius 1 is 1.11 bits per heavy atom. The third kappa shape index (κ3) is 7.38. The number of halogens is 1. The molecule has 0 aliphatic heterocycles. The molecule has 0 radical (unpaired) electrons. The lowest BCUT2D eigenvalue weighted by Gasteiger charge is -2.14. The van der Waals surface area contributed by atoms with Crippen LogP contribution in [0, 0.1) is 0 Å². The maximum atomic E-state index is 11.7. The minimum absolute atomic E-state index is 0. The van der Waals surface area contributed by atoms with Crippen LogP contribution >= 0.6 is 24.0 Å². The Hall–Kier alpha value is -2.29. The van der Waals surface area contributed by atoms with Gasteiger partial charge < -0.3 is 20.7 Å². The van der Waals surface area contributed by atoms with Crippen LogP contribution in [0.25, 0.3) is 0 Å². The SMILES string of the molecule is CCOc1ccccc1CNC(=NC)NCCc1cccc(C(=O)NC)c1.I. The van der Waals surface area contributed by atoms with Gasteiger partial charge in [-0.1, -0.05) is 30.3 Å². The summed E-state index contributed by atoms with van der Waals surface area (Å²) >= 11 is 0. The van der Waals surface area contributed by atoms with Gasteiger partial charge in [0.1, 0.15) is 5.75 Å². The molecular formula is C21H29IN4O2. The first kappa shape index (κ1) is 23.7. The first-order valence-corrected chi connectivity index (χ1v) is 9.14. The van der Waals surface area contributed by atoms with E-state index in [-0.39, 0.29) is 29.9 Å². The number of aliphatic imine (C=N–C) groups is 1. The Morgan fingerprint density at radius 2 is 1.89 bits per heavy atom. The number of amides is 1. The molecule has 0 saturated carbocycles. The second-order valence-electron chi connectivity index (χ2n) is 5.92. The summed E-state index contributed by atoms with van der Waals surface area (Å²) in [7, 11) is 3.38. The number of benzene rings is 2. The predicted octanol–water partition coefficient (Wildman–Crippen LogP) is 2.97. The standard InChI is InChI=1S/C21H28N4O2.HI/c1-4-27-19-11-6-5-9-18(19)15-25-21(23-3)24-13-12-16-8-7-10-17(14-16)20(26)22-2;/h5-11,14H,4,12-13,15H2,1-3H3,(H,22,26)(H2,23,24,25);1H. The zero-order valence-electron chi connectivity index (χ0n) is 16.6. The molecule has 0 aliphatic carbocycles. The third-order valence-corrected chi connectivity index (χ3v) is 4.06. The quantitative estimate of drug-likeness (QED) is 0.299. The van der Waals surface area contributed by atoms with Gasteiger partial charge in [-0.2, -0.15) is 0 Å². The number of carbonyl (C=O) groups is 1. The highest BCUT2D eigenvalue weighted by atomic mass is 127. The summed E-state index contributed by atoms with van der Waals surface area (Å²) in [5, 5.41) is 9.25. The van der Waals surface area contributed by atoms with E-state index in [1.165, 1.54) is 0 Å². The van der Waals surface area contributed by atoms with Crippen LogP contribution in [0.4, 0.5) is 0 Å². The molecule has 0 heterocycles. The minimum Gasteiger partial charge on any atom is -0.494 e. The highest BCUT2D eigenvalue weighted by Crippen LogP contribution is 2.17. The van der Waals surface area contributed by atoms with E-state index in [0.29, 0.717) is 25.3 Å². The van der Waals surface area contributed by atoms with Crippen LogP contribution in [0.3, 0.4) is 0 Å². The van der Waals surface area contributed by atoms with E-state index >= 15 is 0 Å². The normalized spacial score (nSPS) is 10.6. The molecular weight excluding hydrogens is 467 g/mol. The van der Waals surface area contributed by atoms with Gasteiger partial charge in [-0.3, -0.25) is 9.79 Å². The van der Waals surface area contributed by atoms with E-state index in [9.17, 15) is 4.79 Å². The average molecular weight is 496 g/mol. The van der Waals surface area contributed by atoms with Crippen molar-refractivity contribution < 1.29 is 9.53 Å². The van der Waals surface area contributed by atoms with E-state index < -0.39 is 0 Å². The molecule has 1 amide bonds. The van der Waals surface area contributed by atoms with Gasteiger partial charge in [-0.15, -0.1) is 24.0 Å². The van der Waals surface area contributed by atoms with Crippen LogP contribution in [0.1, 0.15) is 28.4 Å². The second-order valence-corrected chi connectivity index (χ2v) is 5.92. The van der Waals surface area contributed by atoms with E-state index in [0.717, 1.165) is 29.3 Å². The summed E-state index contributed by atoms with van der Waals surface area (Å²) in [6, 6.07) is 15.6. The summed E-state index contributed by atoms with van der Waals surface area (Å²) in [5.74, 6) is 1.54. The van der Waals surface area contributed by atoms with Crippen molar-refractivity contribution in [1.29, 1.82) is 0 Å². The van der Waals surface area contributed by atoms with Gasteiger partial charge in [-0.25, -0.2) is 0 Å². The molecule has 3 N–H and O–H groups in total. The molecule has 0 unspecified atom stereocenters. The summed E-state index contributed by atoms with van der Waals surface area (Å²) in [6.45, 7) is 3.95. The molecule has 152 valence electrons. The van der Waals surface area contributed by atoms with Gasteiger partial charge >= 0.3 is 0 Å². The average Bonchev–Trinajstić information content (AvgIpc) is 2.71. The van der Waals surface area contributed by atoms with Crippen molar-refractivity contribution in [2.45, 2.75) is 19.9 Å². The number of rotatable bonds is 8. The molecule has 0 aliphatic rings. The van der Waals surface area contributed by atoms with Crippen molar-refractivity contribution in [3.05, 3.63) is 65.2 Å². The molecule has 28 heavy (non-hydrogen) atoms. The first-order chi connectivity index (χ1) is 13.2. The topological polar surface area (TPSA) is 74.8 Å². The van der Waals surface area contributed by atoms with Crippen molar-refractivity contribution in [3.8, 4) is 5.75 Å². The van der Waals surface area contributed by atoms with Crippen molar-refractivity contribution in [1.82, 2.24) is 16.0 Å². The number of hydrogen-bond acceptors (Lipinski definition) is 3. The van der Waals surface area contributed by atoms with Gasteiger partial charge in [0.25, 0.3) is 5.91 Å². The Labute approximate surface area is 184 Å². The van der Waals surface area contributed by atoms with E-state index in [4.69, 9.17) is 4.74 Å². The van der Waals surface area contributed by atoms with Crippen LogP contribution in [0.15, 0.2) is 53.5 Å². The lowest BCUT2D eigenvalue weighted by molar-refractivity contribution is 0.0963. The van der Waals surface area contributed by atoms with Gasteiger partial charge in [0.05, 0.1) is 6.61 Å². The molecule has 6 nitrogen and oxygen atoms in total. The Kier molecular flexibility index (Phi) is 11.0. The molecule has 0 bridgehead atoms. The number of carbonyl (C=O) groups excluding carboxylic acids is 1. The van der Waals surface area contributed by atoms with Gasteiger partial charge in [0.2, 0.25) is 0 Å². The van der Waals surface area contributed by atoms with Crippen LogP contribution in [-0.4, -0.2) is 39.1 Å². The summed E-state index contributed by atoms with van der Waals surface area (Å²) < 4.78 is 5.65. The second kappa shape index (κ2) is 13.0. The zero-order valence-corrected chi connectivity index (χ0v) is 18.9. The number of hydrogen-bond donors (Lipinski definition) is 3. The van der Waals surface area contributed by atoms with Gasteiger partial charge in [-0.05, 0) is 37.1 Å². The number of para-hydroxylation sites is 1. The van der Waals surface area contributed by atoms with Gasteiger partial charge in [0, 0.05) is 38.3 Å². The number of nitrogens with one attached hydrogen (secondary N) is 3. The number of ether oxygens (including phenoxy) is 1. The van der Waals surface area contributed by atoms with Gasteiger partial charge in [0.15, 0.2) is 5.96 Å². The predicted molar refractivity (Wildman–Crippen MR) is 125 cm³/mol. The number of guanidine groups is 1. The number of nitrogens with zero attached hydrogens (tertiary/aromatic N) is 1. The monoisotopic (exact) mass is 496 g/mol. The Bertz CT molecular complexity index is 781. The fourth-order valence-corrected chi connectivity index (χ4v) is 2.68. The van der Waals surface area contributed by atoms with E-state index in [1.54, 1.807) is 14.1 Å². The van der Waals surface area contributed by atoms with Crippen LogP contribution in [0.2, 0.25) is 0 Å². The lowest BCUT2D eigenvalue weighted by Crippen LogP contribution is -2.37. The molecule has 0 atom stereocenters. The Morgan fingerprint density at radius 3 is 2.61 bits per heavy atom. The molecule has 2 aromatic carbocycles. The maximum absolute atomic E-state index is 11.7. The van der Waals surface area contributed by atoms with Crippen LogP contribution in [-0.2, 0) is 13.0 Å². The van der Waals surface area contributed by atoms with Crippen LogP contribution < -0.4 is 20.7 Å². The molecule has 2 aromatic rings. The highest BCUT2D eigenvalue weighted by molar-refractivity contribution is 14.0. The van der Waals surface area contributed by atoms with Crippen molar-refractivity contribution >= 4 is 35.8 Å². The molecule has 0 spiro atoms. The minimum atomic E-state index is -0.0738. The molecule has 0 fully saturated rings. The lowest BCUT2D eigenvalue weighted by atomic mass is 10.1. The molecule has 0 aromatic heterocycles. The Balaban J connectivity index is 0.00000392. The first-order valence-electron chi connectivity index (χ1n) is 9.14. The molecule has 0 saturated heterocycles. The largest absolute Gasteiger partial charge is 0.494 e. The molecule has 2 rings (SSSR count). The zero-order chi connectivity index (χ0) is 19.5.